The van der Waals surface area contributed by atoms with E-state index in [2.05, 4.69) is 26.2 Å². The lowest BCUT2D eigenvalue weighted by atomic mass is 10.3. The van der Waals surface area contributed by atoms with Gasteiger partial charge in [-0.05, 0) is 24.5 Å². The highest BCUT2D eigenvalue weighted by Gasteiger charge is 2.30. The Bertz CT molecular complexity index is 369. The zero-order chi connectivity index (χ0) is 12.9. The molecule has 0 radical (unpaired) electrons. The minimum atomic E-state index is 0.926. The van der Waals surface area contributed by atoms with Crippen molar-refractivity contribution in [2.75, 3.05) is 39.3 Å². The molecule has 1 saturated carbocycles. The number of pyridine rings is 1. The van der Waals surface area contributed by atoms with Crippen molar-refractivity contribution in [1.82, 2.24) is 20.1 Å². The molecule has 104 valence electrons. The summed E-state index contributed by atoms with van der Waals surface area (Å²) in [5.41, 5.74) is 1.26. The molecule has 1 saturated heterocycles. The Kier molecular flexibility index (Phi) is 4.43. The molecule has 0 bridgehead atoms. The lowest BCUT2D eigenvalue weighted by molar-refractivity contribution is 0.127. The molecule has 0 atom stereocenters. The minimum absolute atomic E-state index is 0.926. The first-order valence-corrected chi connectivity index (χ1v) is 7.48. The second-order valence-corrected chi connectivity index (χ2v) is 5.65. The van der Waals surface area contributed by atoms with Crippen LogP contribution in [-0.2, 0) is 6.54 Å². The summed E-state index contributed by atoms with van der Waals surface area (Å²) >= 11 is 0. The zero-order valence-corrected chi connectivity index (χ0v) is 11.6. The van der Waals surface area contributed by atoms with E-state index in [0.717, 1.165) is 19.1 Å². The first kappa shape index (κ1) is 13.0. The molecule has 0 amide bonds. The molecule has 2 aliphatic rings. The van der Waals surface area contributed by atoms with E-state index in [-0.39, 0.29) is 0 Å². The van der Waals surface area contributed by atoms with Crippen LogP contribution in [-0.4, -0.2) is 60.1 Å². The largest absolute Gasteiger partial charge is 0.311 e. The van der Waals surface area contributed by atoms with Crippen molar-refractivity contribution in [2.45, 2.75) is 25.4 Å². The molecule has 1 N–H and O–H groups in total. The van der Waals surface area contributed by atoms with Crippen molar-refractivity contribution >= 4 is 0 Å². The number of nitrogens with zero attached hydrogens (tertiary/aromatic N) is 3. The summed E-state index contributed by atoms with van der Waals surface area (Å²) in [6, 6.07) is 5.05. The van der Waals surface area contributed by atoms with Crippen molar-refractivity contribution in [3.8, 4) is 0 Å². The highest BCUT2D eigenvalue weighted by Crippen LogP contribution is 2.27. The Labute approximate surface area is 115 Å². The van der Waals surface area contributed by atoms with Gasteiger partial charge in [0.2, 0.25) is 0 Å². The topological polar surface area (TPSA) is 31.4 Å². The fourth-order valence-corrected chi connectivity index (χ4v) is 2.76. The smallest absolute Gasteiger partial charge is 0.0312 e. The molecule has 0 spiro atoms. The van der Waals surface area contributed by atoms with Gasteiger partial charge in [-0.15, -0.1) is 0 Å². The van der Waals surface area contributed by atoms with Crippen LogP contribution >= 0.6 is 0 Å². The van der Waals surface area contributed by atoms with Crippen molar-refractivity contribution < 1.29 is 0 Å². The molecule has 0 aromatic carbocycles. The number of hydrogen-bond acceptors (Lipinski definition) is 4. The van der Waals surface area contributed by atoms with Crippen molar-refractivity contribution in [3.63, 3.8) is 0 Å². The Morgan fingerprint density at radius 2 is 2.05 bits per heavy atom. The predicted molar refractivity (Wildman–Crippen MR) is 77.0 cm³/mol. The normalized spacial score (nSPS) is 21.7. The average Bonchev–Trinajstić information content (AvgIpc) is 3.30. The van der Waals surface area contributed by atoms with E-state index in [0.29, 0.717) is 0 Å². The molecule has 4 nitrogen and oxygen atoms in total. The van der Waals surface area contributed by atoms with Crippen LogP contribution in [0.1, 0.15) is 18.4 Å². The van der Waals surface area contributed by atoms with Gasteiger partial charge in [0, 0.05) is 64.2 Å². The first-order chi connectivity index (χ1) is 9.42. The van der Waals surface area contributed by atoms with E-state index >= 15 is 0 Å². The maximum Gasteiger partial charge on any atom is 0.0312 e. The van der Waals surface area contributed by atoms with Gasteiger partial charge < -0.3 is 5.32 Å². The summed E-state index contributed by atoms with van der Waals surface area (Å²) in [6.45, 7) is 8.18. The van der Waals surface area contributed by atoms with Gasteiger partial charge in [0.05, 0.1) is 0 Å². The molecule has 1 aromatic heterocycles. The van der Waals surface area contributed by atoms with E-state index in [1.54, 1.807) is 0 Å². The third-order valence-electron chi connectivity index (χ3n) is 4.13. The Morgan fingerprint density at radius 1 is 1.21 bits per heavy atom. The van der Waals surface area contributed by atoms with Gasteiger partial charge in [-0.3, -0.25) is 14.8 Å². The summed E-state index contributed by atoms with van der Waals surface area (Å²) in [6.07, 6.45) is 6.63. The molecule has 2 heterocycles. The van der Waals surface area contributed by atoms with Crippen LogP contribution in [0.15, 0.2) is 24.5 Å². The molecule has 2 fully saturated rings. The number of nitrogens with one attached hydrogen (secondary N) is 1. The second-order valence-electron chi connectivity index (χ2n) is 5.65. The lowest BCUT2D eigenvalue weighted by Gasteiger charge is -2.34. The van der Waals surface area contributed by atoms with Crippen LogP contribution in [0.5, 0.6) is 0 Å². The fraction of sp³-hybridized carbons (Fsp3) is 0.667. The average molecular weight is 260 g/mol. The molecule has 1 aliphatic heterocycles. The van der Waals surface area contributed by atoms with E-state index in [1.165, 1.54) is 51.1 Å². The first-order valence-electron chi connectivity index (χ1n) is 7.48. The molecule has 1 aromatic rings. The van der Waals surface area contributed by atoms with Gasteiger partial charge >= 0.3 is 0 Å². The highest BCUT2D eigenvalue weighted by molar-refractivity contribution is 5.07. The van der Waals surface area contributed by atoms with Gasteiger partial charge in [-0.1, -0.05) is 6.07 Å². The minimum Gasteiger partial charge on any atom is -0.311 e. The summed E-state index contributed by atoms with van der Waals surface area (Å²) in [5.74, 6) is 0. The maximum atomic E-state index is 4.13. The predicted octanol–water partition coefficient (Wildman–Crippen LogP) is 0.951. The Hall–Kier alpha value is -0.970. The van der Waals surface area contributed by atoms with Gasteiger partial charge in [-0.25, -0.2) is 0 Å². The monoisotopic (exact) mass is 260 g/mol. The molecule has 4 heteroatoms. The van der Waals surface area contributed by atoms with E-state index in [9.17, 15) is 0 Å². The third-order valence-corrected chi connectivity index (χ3v) is 4.13. The van der Waals surface area contributed by atoms with Crippen LogP contribution in [0.4, 0.5) is 0 Å². The second kappa shape index (κ2) is 6.46. The molecule has 3 rings (SSSR count). The quantitative estimate of drug-likeness (QED) is 0.772. The number of aromatic nitrogens is 1. The highest BCUT2D eigenvalue weighted by atomic mass is 15.3. The molecule has 0 unspecified atom stereocenters. The van der Waals surface area contributed by atoms with Crippen molar-refractivity contribution in [2.24, 2.45) is 0 Å². The van der Waals surface area contributed by atoms with E-state index < -0.39 is 0 Å². The van der Waals surface area contributed by atoms with Gasteiger partial charge in [0.25, 0.3) is 0 Å². The molecule has 19 heavy (non-hydrogen) atoms. The Morgan fingerprint density at radius 3 is 2.74 bits per heavy atom. The standard InChI is InChI=1S/C15H24N4/c1-2-14(12-16-5-1)13-17-6-7-18-8-10-19(11-9-18)15-3-4-15/h1-2,5,12,15,17H,3-4,6-11,13H2. The van der Waals surface area contributed by atoms with E-state index in [4.69, 9.17) is 0 Å². The van der Waals surface area contributed by atoms with Crippen LogP contribution in [0.25, 0.3) is 0 Å². The zero-order valence-electron chi connectivity index (χ0n) is 11.6. The maximum absolute atomic E-state index is 4.13. The van der Waals surface area contributed by atoms with Crippen LogP contribution in [0, 0.1) is 0 Å². The SMILES string of the molecule is c1cncc(CNCCN2CCN(C3CC3)CC2)c1. The molecule has 1 aliphatic carbocycles. The van der Waals surface area contributed by atoms with Gasteiger partial charge in [-0.2, -0.15) is 0 Å². The van der Waals surface area contributed by atoms with Crippen LogP contribution in [0.3, 0.4) is 0 Å². The summed E-state index contributed by atoms with van der Waals surface area (Å²) in [4.78, 5) is 9.37. The van der Waals surface area contributed by atoms with Gasteiger partial charge in [0.15, 0.2) is 0 Å². The van der Waals surface area contributed by atoms with Crippen molar-refractivity contribution in [3.05, 3.63) is 30.1 Å². The number of hydrogen-bond donors (Lipinski definition) is 1. The van der Waals surface area contributed by atoms with Gasteiger partial charge in [0.1, 0.15) is 0 Å². The summed E-state index contributed by atoms with van der Waals surface area (Å²) in [7, 11) is 0. The fourth-order valence-electron chi connectivity index (χ4n) is 2.76. The number of piperazine rings is 1. The van der Waals surface area contributed by atoms with Crippen LogP contribution < -0.4 is 5.32 Å². The summed E-state index contributed by atoms with van der Waals surface area (Å²) in [5, 5.41) is 3.50. The molecular weight excluding hydrogens is 236 g/mol. The third kappa shape index (κ3) is 4.00. The summed E-state index contributed by atoms with van der Waals surface area (Å²) < 4.78 is 0. The van der Waals surface area contributed by atoms with Crippen molar-refractivity contribution in [1.29, 1.82) is 0 Å². The van der Waals surface area contributed by atoms with E-state index in [1.807, 2.05) is 18.5 Å². The van der Waals surface area contributed by atoms with Crippen LogP contribution in [0.2, 0.25) is 0 Å². The molecular formula is C15H24N4. The Balaban J connectivity index is 1.28. The lowest BCUT2D eigenvalue weighted by Crippen LogP contribution is -2.48. The number of rotatable bonds is 6.